The van der Waals surface area contributed by atoms with Crippen LogP contribution in [0.5, 0.6) is 11.5 Å². The van der Waals surface area contributed by atoms with Crippen molar-refractivity contribution in [3.05, 3.63) is 87.8 Å². The largest absolute Gasteiger partial charge is 0.497 e. The molecule has 0 aliphatic rings. The van der Waals surface area contributed by atoms with Crippen LogP contribution in [0.15, 0.2) is 69.9 Å². The van der Waals surface area contributed by atoms with Crippen molar-refractivity contribution in [2.75, 3.05) is 19.0 Å². The predicted octanol–water partition coefficient (Wildman–Crippen LogP) is 5.41. The maximum atomic E-state index is 12.6. The number of carbonyl (C=O) groups excluding carboxylic acids is 1. The molecule has 33 heavy (non-hydrogen) atoms. The first-order valence-electron chi connectivity index (χ1n) is 10.6. The van der Waals surface area contributed by atoms with E-state index in [4.69, 9.17) is 13.9 Å². The SMILES string of the molecule is COc1ccc(-c2c(C)c3cc(OCC(=O)Nc4cc(C)cc(C)c4)ccc3oc2=O)cc1. The second kappa shape index (κ2) is 9.20. The van der Waals surface area contributed by atoms with Crippen LogP contribution in [0, 0.1) is 20.8 Å². The van der Waals surface area contributed by atoms with E-state index < -0.39 is 5.63 Å². The fraction of sp³-hybridized carbons (Fsp3) is 0.185. The number of carbonyl (C=O) groups is 1. The summed E-state index contributed by atoms with van der Waals surface area (Å²) >= 11 is 0. The van der Waals surface area contributed by atoms with Crippen LogP contribution >= 0.6 is 0 Å². The van der Waals surface area contributed by atoms with Crippen molar-refractivity contribution >= 4 is 22.6 Å². The van der Waals surface area contributed by atoms with Gasteiger partial charge in [-0.3, -0.25) is 4.79 Å². The van der Waals surface area contributed by atoms with E-state index >= 15 is 0 Å². The van der Waals surface area contributed by atoms with E-state index in [1.807, 2.05) is 51.1 Å². The fourth-order valence-electron chi connectivity index (χ4n) is 3.90. The summed E-state index contributed by atoms with van der Waals surface area (Å²) < 4.78 is 16.5. The molecule has 1 aromatic heterocycles. The molecule has 0 fully saturated rings. The summed E-state index contributed by atoms with van der Waals surface area (Å²) in [7, 11) is 1.59. The Kier molecular flexibility index (Phi) is 6.18. The van der Waals surface area contributed by atoms with Crippen molar-refractivity contribution in [2.45, 2.75) is 20.8 Å². The van der Waals surface area contributed by atoms with Crippen molar-refractivity contribution in [2.24, 2.45) is 0 Å². The molecule has 0 spiro atoms. The first kappa shape index (κ1) is 22.1. The molecule has 0 unspecified atom stereocenters. The molecule has 0 aliphatic heterocycles. The lowest BCUT2D eigenvalue weighted by Crippen LogP contribution is -2.20. The van der Waals surface area contributed by atoms with Gasteiger partial charge in [-0.15, -0.1) is 0 Å². The maximum Gasteiger partial charge on any atom is 0.344 e. The van der Waals surface area contributed by atoms with Gasteiger partial charge in [-0.2, -0.15) is 0 Å². The molecular formula is C27H25NO5. The zero-order valence-electron chi connectivity index (χ0n) is 19.0. The molecule has 4 aromatic rings. The molecule has 0 bridgehead atoms. The monoisotopic (exact) mass is 443 g/mol. The Balaban J connectivity index is 1.56. The summed E-state index contributed by atoms with van der Waals surface area (Å²) in [6.07, 6.45) is 0. The van der Waals surface area contributed by atoms with Gasteiger partial charge in [0.2, 0.25) is 0 Å². The van der Waals surface area contributed by atoms with E-state index in [-0.39, 0.29) is 12.5 Å². The topological polar surface area (TPSA) is 77.8 Å². The normalized spacial score (nSPS) is 10.8. The number of aryl methyl sites for hydroxylation is 3. The lowest BCUT2D eigenvalue weighted by atomic mass is 9.99. The zero-order chi connectivity index (χ0) is 23.5. The van der Waals surface area contributed by atoms with Gasteiger partial charge in [-0.05, 0) is 85.5 Å². The molecule has 0 atom stereocenters. The lowest BCUT2D eigenvalue weighted by Gasteiger charge is -2.11. The molecule has 1 amide bonds. The van der Waals surface area contributed by atoms with Crippen molar-refractivity contribution < 1.29 is 18.7 Å². The fourth-order valence-corrected chi connectivity index (χ4v) is 3.90. The Hall–Kier alpha value is -4.06. The number of fused-ring (bicyclic) bond motifs is 1. The molecular weight excluding hydrogens is 418 g/mol. The summed E-state index contributed by atoms with van der Waals surface area (Å²) in [6.45, 7) is 5.69. The minimum atomic E-state index is -0.410. The molecule has 6 heteroatoms. The van der Waals surface area contributed by atoms with Crippen molar-refractivity contribution in [3.63, 3.8) is 0 Å². The molecule has 0 saturated heterocycles. The predicted molar refractivity (Wildman–Crippen MR) is 129 cm³/mol. The third-order valence-corrected chi connectivity index (χ3v) is 5.39. The molecule has 1 N–H and O–H groups in total. The quantitative estimate of drug-likeness (QED) is 0.403. The minimum absolute atomic E-state index is 0.139. The third-order valence-electron chi connectivity index (χ3n) is 5.39. The van der Waals surface area contributed by atoms with Gasteiger partial charge in [-0.25, -0.2) is 4.79 Å². The first-order valence-corrected chi connectivity index (χ1v) is 10.6. The summed E-state index contributed by atoms with van der Waals surface area (Å²) in [4.78, 5) is 25.0. The van der Waals surface area contributed by atoms with Crippen molar-refractivity contribution in [1.29, 1.82) is 0 Å². The van der Waals surface area contributed by atoms with Gasteiger partial charge in [-0.1, -0.05) is 18.2 Å². The van der Waals surface area contributed by atoms with Gasteiger partial charge in [0.1, 0.15) is 17.1 Å². The van der Waals surface area contributed by atoms with Crippen LogP contribution in [0.1, 0.15) is 16.7 Å². The first-order chi connectivity index (χ1) is 15.8. The highest BCUT2D eigenvalue weighted by Gasteiger charge is 2.15. The minimum Gasteiger partial charge on any atom is -0.497 e. The zero-order valence-corrected chi connectivity index (χ0v) is 19.0. The molecule has 6 nitrogen and oxygen atoms in total. The van der Waals surface area contributed by atoms with Gasteiger partial charge < -0.3 is 19.2 Å². The molecule has 0 aliphatic carbocycles. The Labute approximate surface area is 191 Å². The lowest BCUT2D eigenvalue weighted by molar-refractivity contribution is -0.118. The highest BCUT2D eigenvalue weighted by Crippen LogP contribution is 2.30. The van der Waals surface area contributed by atoms with Crippen molar-refractivity contribution in [3.8, 4) is 22.6 Å². The molecule has 3 aromatic carbocycles. The second-order valence-electron chi connectivity index (χ2n) is 7.99. The van der Waals surface area contributed by atoms with Gasteiger partial charge in [0.25, 0.3) is 5.91 Å². The van der Waals surface area contributed by atoms with E-state index in [1.54, 1.807) is 37.4 Å². The van der Waals surface area contributed by atoms with Gasteiger partial charge in [0.05, 0.1) is 12.7 Å². The number of hydrogen-bond acceptors (Lipinski definition) is 5. The standard InChI is InChI=1S/C27H25NO5/c1-16-11-17(2)13-20(12-16)28-25(29)15-32-22-9-10-24-23(14-22)18(3)26(27(30)33-24)19-5-7-21(31-4)8-6-19/h5-14H,15H2,1-4H3,(H,28,29). The van der Waals surface area contributed by atoms with Crippen molar-refractivity contribution in [1.82, 2.24) is 0 Å². The Morgan fingerprint density at radius 3 is 2.24 bits per heavy atom. The van der Waals surface area contributed by atoms with Crippen LogP contribution in [0.2, 0.25) is 0 Å². The van der Waals surface area contributed by atoms with Crippen LogP contribution in [0.3, 0.4) is 0 Å². The average molecular weight is 443 g/mol. The number of benzene rings is 3. The van der Waals surface area contributed by atoms with Crippen LogP contribution in [0.25, 0.3) is 22.1 Å². The molecule has 1 heterocycles. The second-order valence-corrected chi connectivity index (χ2v) is 7.99. The van der Waals surface area contributed by atoms with E-state index in [9.17, 15) is 9.59 Å². The van der Waals surface area contributed by atoms with E-state index in [0.29, 0.717) is 22.6 Å². The highest BCUT2D eigenvalue weighted by molar-refractivity contribution is 5.92. The summed E-state index contributed by atoms with van der Waals surface area (Å²) in [6, 6.07) is 18.2. The number of rotatable bonds is 6. The molecule has 168 valence electrons. The van der Waals surface area contributed by atoms with Crippen LogP contribution in [-0.2, 0) is 4.79 Å². The summed E-state index contributed by atoms with van der Waals surface area (Å²) in [5.74, 6) is 0.961. The Morgan fingerprint density at radius 1 is 0.909 bits per heavy atom. The van der Waals surface area contributed by atoms with E-state index in [2.05, 4.69) is 5.32 Å². The number of anilines is 1. The van der Waals surface area contributed by atoms with Crippen LogP contribution < -0.4 is 20.4 Å². The number of ether oxygens (including phenoxy) is 2. The number of hydrogen-bond donors (Lipinski definition) is 1. The van der Waals surface area contributed by atoms with Crippen LogP contribution in [0.4, 0.5) is 5.69 Å². The molecule has 0 saturated carbocycles. The van der Waals surface area contributed by atoms with Gasteiger partial charge >= 0.3 is 5.63 Å². The molecule has 0 radical (unpaired) electrons. The average Bonchev–Trinajstić information content (AvgIpc) is 2.77. The smallest absolute Gasteiger partial charge is 0.344 e. The number of nitrogens with one attached hydrogen (secondary N) is 1. The third kappa shape index (κ3) is 4.90. The summed E-state index contributed by atoms with van der Waals surface area (Å²) in [5, 5.41) is 3.60. The Morgan fingerprint density at radius 2 is 1.58 bits per heavy atom. The Bertz CT molecular complexity index is 1370. The van der Waals surface area contributed by atoms with Crippen LogP contribution in [-0.4, -0.2) is 19.6 Å². The summed E-state index contributed by atoms with van der Waals surface area (Å²) in [5.41, 5.74) is 4.93. The number of methoxy groups -OCH3 is 1. The van der Waals surface area contributed by atoms with Gasteiger partial charge in [0, 0.05) is 11.1 Å². The number of amides is 1. The molecule has 4 rings (SSSR count). The van der Waals surface area contributed by atoms with E-state index in [0.717, 1.165) is 33.3 Å². The van der Waals surface area contributed by atoms with Gasteiger partial charge in [0.15, 0.2) is 6.61 Å². The maximum absolute atomic E-state index is 12.6. The van der Waals surface area contributed by atoms with E-state index in [1.165, 1.54) is 0 Å². The highest BCUT2D eigenvalue weighted by atomic mass is 16.5.